The first-order valence-corrected chi connectivity index (χ1v) is 9.41. The zero-order valence-corrected chi connectivity index (χ0v) is 15.6. The van der Waals surface area contributed by atoms with Gasteiger partial charge in [0, 0.05) is 28.6 Å². The van der Waals surface area contributed by atoms with Crippen molar-refractivity contribution >= 4 is 45.7 Å². The van der Waals surface area contributed by atoms with E-state index in [4.69, 9.17) is 16.0 Å². The van der Waals surface area contributed by atoms with Gasteiger partial charge in [-0.2, -0.15) is 0 Å². The highest BCUT2D eigenvalue weighted by molar-refractivity contribution is 7.15. The Morgan fingerprint density at radius 1 is 1.26 bits per heavy atom. The summed E-state index contributed by atoms with van der Waals surface area (Å²) in [5, 5.41) is 6.69. The first-order chi connectivity index (χ1) is 13.1. The number of nitrogens with one attached hydrogen (secondary N) is 2. The molecule has 3 aromatic rings. The van der Waals surface area contributed by atoms with E-state index < -0.39 is 0 Å². The van der Waals surface area contributed by atoms with Gasteiger partial charge in [0.1, 0.15) is 6.26 Å². The average Bonchev–Trinajstić information content (AvgIpc) is 3.30. The lowest BCUT2D eigenvalue weighted by Crippen LogP contribution is -2.38. The predicted molar refractivity (Wildman–Crippen MR) is 103 cm³/mol. The maximum absolute atomic E-state index is 12.5. The van der Waals surface area contributed by atoms with Gasteiger partial charge >= 0.3 is 6.03 Å². The van der Waals surface area contributed by atoms with E-state index in [0.29, 0.717) is 40.9 Å². The number of hydrogen-bond donors (Lipinski definition) is 2. The van der Waals surface area contributed by atoms with Crippen molar-refractivity contribution < 1.29 is 14.0 Å². The Labute approximate surface area is 164 Å². The van der Waals surface area contributed by atoms with Crippen LogP contribution in [0.4, 0.5) is 15.6 Å². The number of hydrogen-bond acceptors (Lipinski definition) is 5. The lowest BCUT2D eigenvalue weighted by atomic mass is 10.2. The maximum Gasteiger partial charge on any atom is 0.322 e. The fraction of sp³-hybridized carbons (Fsp3) is 0.167. The summed E-state index contributed by atoms with van der Waals surface area (Å²) in [5.74, 6) is -0.273. The van der Waals surface area contributed by atoms with Crippen LogP contribution < -0.4 is 10.6 Å². The lowest BCUT2D eigenvalue weighted by molar-refractivity contribution is 0.102. The van der Waals surface area contributed by atoms with Crippen LogP contribution in [0.15, 0.2) is 47.3 Å². The summed E-state index contributed by atoms with van der Waals surface area (Å²) >= 11 is 7.32. The molecular formula is C18H15ClN4O3S. The van der Waals surface area contributed by atoms with E-state index >= 15 is 0 Å². The van der Waals surface area contributed by atoms with Crippen molar-refractivity contribution in [2.45, 2.75) is 13.0 Å². The topological polar surface area (TPSA) is 87.5 Å². The van der Waals surface area contributed by atoms with Crippen LogP contribution in [-0.4, -0.2) is 28.4 Å². The highest BCUT2D eigenvalue weighted by Crippen LogP contribution is 2.29. The first-order valence-electron chi connectivity index (χ1n) is 8.22. The Bertz CT molecular complexity index is 986. The van der Waals surface area contributed by atoms with Crippen molar-refractivity contribution in [3.8, 4) is 0 Å². The summed E-state index contributed by atoms with van der Waals surface area (Å²) in [4.78, 5) is 31.8. The third kappa shape index (κ3) is 3.96. The largest absolute Gasteiger partial charge is 0.472 e. The summed E-state index contributed by atoms with van der Waals surface area (Å²) in [6.07, 6.45) is 3.46. The summed E-state index contributed by atoms with van der Waals surface area (Å²) in [7, 11) is 0. The van der Waals surface area contributed by atoms with Gasteiger partial charge in [-0.25, -0.2) is 9.78 Å². The number of urea groups is 1. The molecule has 0 spiro atoms. The van der Waals surface area contributed by atoms with Crippen molar-refractivity contribution in [2.75, 3.05) is 17.2 Å². The van der Waals surface area contributed by atoms with E-state index in [9.17, 15) is 9.59 Å². The van der Waals surface area contributed by atoms with Crippen LogP contribution >= 0.6 is 22.9 Å². The Kier molecular flexibility index (Phi) is 4.83. The van der Waals surface area contributed by atoms with Gasteiger partial charge in [-0.3, -0.25) is 10.1 Å². The number of furan rings is 1. The van der Waals surface area contributed by atoms with E-state index in [1.54, 1.807) is 35.2 Å². The van der Waals surface area contributed by atoms with Gasteiger partial charge in [0.05, 0.1) is 24.1 Å². The van der Waals surface area contributed by atoms with Crippen molar-refractivity contribution in [1.82, 2.24) is 9.88 Å². The van der Waals surface area contributed by atoms with Gasteiger partial charge in [-0.05, 0) is 24.3 Å². The van der Waals surface area contributed by atoms with Gasteiger partial charge in [0.25, 0.3) is 5.91 Å². The molecular weight excluding hydrogens is 388 g/mol. The van der Waals surface area contributed by atoms with E-state index in [0.717, 1.165) is 10.6 Å². The SMILES string of the molecule is O=C(Nc1nc2c(s1)CN(C(=O)Nc1cccc(Cl)c1)CC2)c1ccoc1. The van der Waals surface area contributed by atoms with Crippen LogP contribution in [0, 0.1) is 0 Å². The number of carbonyl (C=O) groups excluding carboxylic acids is 2. The molecule has 3 amide bonds. The Balaban J connectivity index is 1.41. The zero-order valence-electron chi connectivity index (χ0n) is 14.1. The molecule has 0 saturated carbocycles. The van der Waals surface area contributed by atoms with Crippen LogP contribution in [0.5, 0.6) is 0 Å². The molecule has 2 aromatic heterocycles. The number of anilines is 2. The number of thiazole rings is 1. The predicted octanol–water partition coefficient (Wildman–Crippen LogP) is 4.23. The standard InChI is InChI=1S/C18H15ClN4O3S/c19-12-2-1-3-13(8-12)20-18(25)23-6-4-14-15(9-23)27-17(21-14)22-16(24)11-5-7-26-10-11/h1-3,5,7-8,10H,4,6,9H2,(H,20,25)(H,21,22,24). The number of carbonyl (C=O) groups is 2. The molecule has 0 unspecified atom stereocenters. The zero-order chi connectivity index (χ0) is 18.8. The number of fused-ring (bicyclic) bond motifs is 1. The van der Waals surface area contributed by atoms with Crippen molar-refractivity contribution in [1.29, 1.82) is 0 Å². The van der Waals surface area contributed by atoms with Gasteiger partial charge < -0.3 is 14.6 Å². The summed E-state index contributed by atoms with van der Waals surface area (Å²) in [5.41, 5.74) is 2.00. The summed E-state index contributed by atoms with van der Waals surface area (Å²) < 4.78 is 4.91. The fourth-order valence-corrected chi connectivity index (χ4v) is 3.96. The lowest BCUT2D eigenvalue weighted by Gasteiger charge is -2.26. The number of aromatic nitrogens is 1. The summed E-state index contributed by atoms with van der Waals surface area (Å²) in [6, 6.07) is 8.41. The van der Waals surface area contributed by atoms with Crippen LogP contribution in [0.1, 0.15) is 20.9 Å². The molecule has 0 atom stereocenters. The van der Waals surface area contributed by atoms with Crippen molar-refractivity contribution in [2.24, 2.45) is 0 Å². The third-order valence-electron chi connectivity index (χ3n) is 4.10. The van der Waals surface area contributed by atoms with Gasteiger partial charge in [0.2, 0.25) is 0 Å². The van der Waals surface area contributed by atoms with Crippen LogP contribution in [0.2, 0.25) is 5.02 Å². The number of halogens is 1. The normalized spacial score (nSPS) is 13.1. The van der Waals surface area contributed by atoms with E-state index in [1.807, 2.05) is 0 Å². The minimum Gasteiger partial charge on any atom is -0.472 e. The molecule has 138 valence electrons. The fourth-order valence-electron chi connectivity index (χ4n) is 2.75. The average molecular weight is 403 g/mol. The maximum atomic E-state index is 12.5. The molecule has 27 heavy (non-hydrogen) atoms. The quantitative estimate of drug-likeness (QED) is 0.686. The Morgan fingerprint density at radius 3 is 2.93 bits per heavy atom. The minimum absolute atomic E-state index is 0.194. The highest BCUT2D eigenvalue weighted by atomic mass is 35.5. The van der Waals surface area contributed by atoms with Gasteiger partial charge in [-0.15, -0.1) is 0 Å². The Morgan fingerprint density at radius 2 is 2.15 bits per heavy atom. The molecule has 0 saturated heterocycles. The monoisotopic (exact) mass is 402 g/mol. The molecule has 0 fully saturated rings. The summed E-state index contributed by atoms with van der Waals surface area (Å²) in [6.45, 7) is 0.999. The molecule has 1 aromatic carbocycles. The second-order valence-electron chi connectivity index (χ2n) is 5.97. The molecule has 1 aliphatic rings. The number of rotatable bonds is 3. The third-order valence-corrected chi connectivity index (χ3v) is 5.33. The molecule has 4 rings (SSSR count). The van der Waals surface area contributed by atoms with Crippen LogP contribution in [0.25, 0.3) is 0 Å². The number of amides is 3. The van der Waals surface area contributed by atoms with Crippen LogP contribution in [-0.2, 0) is 13.0 Å². The van der Waals surface area contributed by atoms with Crippen molar-refractivity contribution in [3.05, 3.63) is 64.0 Å². The number of nitrogens with zero attached hydrogens (tertiary/aromatic N) is 2. The molecule has 0 radical (unpaired) electrons. The smallest absolute Gasteiger partial charge is 0.322 e. The van der Waals surface area contributed by atoms with E-state index in [-0.39, 0.29) is 11.9 Å². The molecule has 2 N–H and O–H groups in total. The minimum atomic E-state index is -0.273. The second-order valence-corrected chi connectivity index (χ2v) is 7.49. The number of benzene rings is 1. The molecule has 3 heterocycles. The first kappa shape index (κ1) is 17.6. The van der Waals surface area contributed by atoms with E-state index in [2.05, 4.69) is 15.6 Å². The van der Waals surface area contributed by atoms with Crippen LogP contribution in [0.3, 0.4) is 0 Å². The molecule has 7 nitrogen and oxygen atoms in total. The second kappa shape index (κ2) is 7.42. The van der Waals surface area contributed by atoms with Crippen molar-refractivity contribution in [3.63, 3.8) is 0 Å². The molecule has 1 aliphatic heterocycles. The van der Waals surface area contributed by atoms with Gasteiger partial charge in [0.15, 0.2) is 5.13 Å². The molecule has 0 aliphatic carbocycles. The molecule has 9 heteroatoms. The molecule has 0 bridgehead atoms. The van der Waals surface area contributed by atoms with E-state index in [1.165, 1.54) is 23.9 Å². The highest BCUT2D eigenvalue weighted by Gasteiger charge is 2.25. The van der Waals surface area contributed by atoms with Gasteiger partial charge in [-0.1, -0.05) is 29.0 Å². The Hall–Kier alpha value is -2.84.